The van der Waals surface area contributed by atoms with E-state index in [9.17, 15) is 9.90 Å². The highest BCUT2D eigenvalue weighted by Gasteiger charge is 2.31. The number of hydrogen-bond acceptors (Lipinski definition) is 3. The van der Waals surface area contributed by atoms with Gasteiger partial charge in [-0.1, -0.05) is 0 Å². The van der Waals surface area contributed by atoms with Crippen molar-refractivity contribution in [2.75, 3.05) is 7.11 Å². The molecule has 1 unspecified atom stereocenters. The Morgan fingerprint density at radius 3 is 2.70 bits per heavy atom. The molecule has 0 heterocycles. The molecule has 0 amide bonds. The minimum absolute atomic E-state index is 0.259. The summed E-state index contributed by atoms with van der Waals surface area (Å²) in [5.74, 6) is -0.532. The van der Waals surface area contributed by atoms with Crippen LogP contribution in [0.5, 0.6) is 0 Å². The molecule has 1 N–H and O–H groups in total. The summed E-state index contributed by atoms with van der Waals surface area (Å²) in [4.78, 5) is 10.8. The van der Waals surface area contributed by atoms with Crippen molar-refractivity contribution in [2.45, 2.75) is 25.4 Å². The summed E-state index contributed by atoms with van der Waals surface area (Å²) in [6.45, 7) is 0. The smallest absolute Gasteiger partial charge is 0.311 e. The van der Waals surface area contributed by atoms with Crippen LogP contribution < -0.4 is 0 Å². The molecule has 0 aliphatic heterocycles. The third-order valence-electron chi connectivity index (χ3n) is 1.98. The van der Waals surface area contributed by atoms with Crippen LogP contribution in [0.2, 0.25) is 0 Å². The third-order valence-corrected chi connectivity index (χ3v) is 1.98. The van der Waals surface area contributed by atoms with Gasteiger partial charge in [0.15, 0.2) is 0 Å². The summed E-state index contributed by atoms with van der Waals surface area (Å²) < 4.78 is 4.51. The van der Waals surface area contributed by atoms with Crippen LogP contribution in [0.3, 0.4) is 0 Å². The highest BCUT2D eigenvalue weighted by molar-refractivity contribution is 5.73. The third kappa shape index (κ3) is 1.29. The lowest BCUT2D eigenvalue weighted by Gasteiger charge is -2.10. The fraction of sp³-hybridized carbons (Fsp3) is 0.857. The lowest BCUT2D eigenvalue weighted by molar-refractivity contribution is -0.148. The van der Waals surface area contributed by atoms with Crippen LogP contribution in [0.25, 0.3) is 0 Å². The first-order valence-corrected chi connectivity index (χ1v) is 3.51. The molecule has 0 saturated heterocycles. The van der Waals surface area contributed by atoms with E-state index in [1.807, 2.05) is 0 Å². The van der Waals surface area contributed by atoms with Crippen molar-refractivity contribution in [3.8, 4) is 0 Å². The summed E-state index contributed by atoms with van der Waals surface area (Å²) in [5.41, 5.74) is 0. The van der Waals surface area contributed by atoms with Gasteiger partial charge in [0.25, 0.3) is 0 Å². The van der Waals surface area contributed by atoms with Crippen LogP contribution in [0.15, 0.2) is 0 Å². The Balaban J connectivity index is 2.46. The van der Waals surface area contributed by atoms with Crippen molar-refractivity contribution in [2.24, 2.45) is 5.92 Å². The predicted molar refractivity (Wildman–Crippen MR) is 35.4 cm³/mol. The molecule has 10 heavy (non-hydrogen) atoms. The molecule has 3 nitrogen and oxygen atoms in total. The molecule has 0 radical (unpaired) electrons. The number of rotatable bonds is 1. The van der Waals surface area contributed by atoms with Crippen molar-refractivity contribution in [3.63, 3.8) is 0 Å². The maximum Gasteiger partial charge on any atom is 0.311 e. The standard InChI is InChI=1S/C7H12O3/c1-10-7(9)5-3-2-4-6(5)8/h5-6,8H,2-4H2,1H3/t5?,6-/m1/s1. The number of hydrogen-bond donors (Lipinski definition) is 1. The van der Waals surface area contributed by atoms with E-state index >= 15 is 0 Å². The number of aliphatic hydroxyl groups is 1. The van der Waals surface area contributed by atoms with E-state index in [0.29, 0.717) is 0 Å². The van der Waals surface area contributed by atoms with Crippen LogP contribution in [0, 0.1) is 5.92 Å². The van der Waals surface area contributed by atoms with E-state index < -0.39 is 6.10 Å². The quantitative estimate of drug-likeness (QED) is 0.539. The molecule has 0 aromatic rings. The van der Waals surface area contributed by atoms with E-state index in [0.717, 1.165) is 19.3 Å². The van der Waals surface area contributed by atoms with Crippen LogP contribution in [-0.2, 0) is 9.53 Å². The van der Waals surface area contributed by atoms with Crippen molar-refractivity contribution in [3.05, 3.63) is 0 Å². The Kier molecular flexibility index (Phi) is 2.27. The van der Waals surface area contributed by atoms with Crippen molar-refractivity contribution >= 4 is 5.97 Å². The first-order valence-electron chi connectivity index (χ1n) is 3.51. The highest BCUT2D eigenvalue weighted by Crippen LogP contribution is 2.26. The summed E-state index contributed by atoms with van der Waals surface area (Å²) in [5, 5.41) is 9.19. The fourth-order valence-electron chi connectivity index (χ4n) is 1.37. The van der Waals surface area contributed by atoms with Gasteiger partial charge < -0.3 is 9.84 Å². The molecule has 0 aromatic heterocycles. The second-order valence-electron chi connectivity index (χ2n) is 2.63. The van der Waals surface area contributed by atoms with E-state index in [1.165, 1.54) is 7.11 Å². The van der Waals surface area contributed by atoms with Gasteiger partial charge in [0.05, 0.1) is 19.1 Å². The monoisotopic (exact) mass is 144 g/mol. The van der Waals surface area contributed by atoms with Gasteiger partial charge in [-0.2, -0.15) is 0 Å². The molecule has 1 rings (SSSR count). The lowest BCUT2D eigenvalue weighted by atomic mass is 10.1. The molecular formula is C7H12O3. The summed E-state index contributed by atoms with van der Waals surface area (Å²) >= 11 is 0. The molecule has 0 aromatic carbocycles. The molecule has 1 saturated carbocycles. The second kappa shape index (κ2) is 3.01. The van der Waals surface area contributed by atoms with Gasteiger partial charge in [-0.3, -0.25) is 4.79 Å². The minimum Gasteiger partial charge on any atom is -0.469 e. The summed E-state index contributed by atoms with van der Waals surface area (Å²) in [6, 6.07) is 0. The average molecular weight is 144 g/mol. The number of esters is 1. The average Bonchev–Trinajstić information content (AvgIpc) is 2.34. The Labute approximate surface area is 60.0 Å². The van der Waals surface area contributed by atoms with Gasteiger partial charge in [-0.25, -0.2) is 0 Å². The fourth-order valence-corrected chi connectivity index (χ4v) is 1.37. The van der Waals surface area contributed by atoms with Crippen LogP contribution in [-0.4, -0.2) is 24.3 Å². The molecule has 2 atom stereocenters. The minimum atomic E-state index is -0.465. The molecule has 1 fully saturated rings. The Hall–Kier alpha value is -0.570. The van der Waals surface area contributed by atoms with E-state index in [-0.39, 0.29) is 11.9 Å². The van der Waals surface area contributed by atoms with Gasteiger partial charge in [-0.05, 0) is 19.3 Å². The zero-order valence-electron chi connectivity index (χ0n) is 6.04. The van der Waals surface area contributed by atoms with Crippen LogP contribution >= 0.6 is 0 Å². The zero-order valence-corrected chi connectivity index (χ0v) is 6.04. The maximum absolute atomic E-state index is 10.8. The molecule has 58 valence electrons. The van der Waals surface area contributed by atoms with Crippen molar-refractivity contribution in [1.82, 2.24) is 0 Å². The largest absolute Gasteiger partial charge is 0.469 e. The normalized spacial score (nSPS) is 32.2. The number of aliphatic hydroxyl groups excluding tert-OH is 1. The maximum atomic E-state index is 10.8. The number of carbonyl (C=O) groups is 1. The van der Waals surface area contributed by atoms with Gasteiger partial charge in [0.2, 0.25) is 0 Å². The summed E-state index contributed by atoms with van der Waals surface area (Å²) in [6.07, 6.45) is 1.97. The van der Waals surface area contributed by atoms with Gasteiger partial charge in [0.1, 0.15) is 0 Å². The zero-order chi connectivity index (χ0) is 7.56. The summed E-state index contributed by atoms with van der Waals surface area (Å²) in [7, 11) is 1.35. The number of carbonyl (C=O) groups excluding carboxylic acids is 1. The molecule has 1 aliphatic rings. The van der Waals surface area contributed by atoms with Crippen molar-refractivity contribution < 1.29 is 14.6 Å². The second-order valence-corrected chi connectivity index (χ2v) is 2.63. The Morgan fingerprint density at radius 2 is 2.30 bits per heavy atom. The predicted octanol–water partition coefficient (Wildman–Crippen LogP) is 0.320. The topological polar surface area (TPSA) is 46.5 Å². The SMILES string of the molecule is COC(=O)C1CCC[C@H]1O. The van der Waals surface area contributed by atoms with Gasteiger partial charge >= 0.3 is 5.97 Å². The lowest BCUT2D eigenvalue weighted by Crippen LogP contribution is -2.23. The molecule has 1 aliphatic carbocycles. The van der Waals surface area contributed by atoms with Gasteiger partial charge in [0, 0.05) is 0 Å². The molecular weight excluding hydrogens is 132 g/mol. The number of methoxy groups -OCH3 is 1. The van der Waals surface area contributed by atoms with E-state index in [4.69, 9.17) is 0 Å². The molecule has 0 bridgehead atoms. The van der Waals surface area contributed by atoms with Gasteiger partial charge in [-0.15, -0.1) is 0 Å². The van der Waals surface area contributed by atoms with Crippen LogP contribution in [0.4, 0.5) is 0 Å². The van der Waals surface area contributed by atoms with E-state index in [2.05, 4.69) is 4.74 Å². The first kappa shape index (κ1) is 7.54. The van der Waals surface area contributed by atoms with E-state index in [1.54, 1.807) is 0 Å². The Morgan fingerprint density at radius 1 is 1.60 bits per heavy atom. The van der Waals surface area contributed by atoms with Crippen molar-refractivity contribution in [1.29, 1.82) is 0 Å². The van der Waals surface area contributed by atoms with Crippen LogP contribution in [0.1, 0.15) is 19.3 Å². The Bertz CT molecular complexity index is 133. The first-order chi connectivity index (χ1) is 4.75. The highest BCUT2D eigenvalue weighted by atomic mass is 16.5. The molecule has 0 spiro atoms. The number of ether oxygens (including phenoxy) is 1. The molecule has 3 heteroatoms.